The van der Waals surface area contributed by atoms with Crippen molar-refractivity contribution in [3.8, 4) is 0 Å². The molecule has 0 aliphatic carbocycles. The Morgan fingerprint density at radius 1 is 1.39 bits per heavy atom. The third-order valence-electron chi connectivity index (χ3n) is 2.57. The van der Waals surface area contributed by atoms with Gasteiger partial charge in [0.05, 0.1) is 12.2 Å². The third kappa shape index (κ3) is 3.32. The van der Waals surface area contributed by atoms with Crippen LogP contribution in [0.15, 0.2) is 30.6 Å². The normalized spacial score (nSPS) is 11.7. The van der Waals surface area contributed by atoms with Crippen molar-refractivity contribution in [1.29, 1.82) is 0 Å². The van der Waals surface area contributed by atoms with Gasteiger partial charge < -0.3 is 9.72 Å². The van der Waals surface area contributed by atoms with E-state index in [9.17, 15) is 4.79 Å². The van der Waals surface area contributed by atoms with Crippen LogP contribution in [-0.2, 0) is 11.3 Å². The van der Waals surface area contributed by atoms with Crippen LogP contribution in [0.4, 0.5) is 0 Å². The summed E-state index contributed by atoms with van der Waals surface area (Å²) in [7, 11) is 0. The molecule has 2 aromatic rings. The van der Waals surface area contributed by atoms with E-state index in [0.29, 0.717) is 13.0 Å². The van der Waals surface area contributed by atoms with Crippen LogP contribution in [0.3, 0.4) is 0 Å². The largest absolute Gasteiger partial charge is 0.350 e. The van der Waals surface area contributed by atoms with Crippen molar-refractivity contribution in [3.63, 3.8) is 0 Å². The molecule has 4 nitrogen and oxygen atoms in total. The summed E-state index contributed by atoms with van der Waals surface area (Å²) in [5, 5.41) is 2.90. The summed E-state index contributed by atoms with van der Waals surface area (Å²) in [6.07, 6.45) is 4.41. The number of nitrogens with zero attached hydrogens (tertiary/aromatic N) is 2. The van der Waals surface area contributed by atoms with Gasteiger partial charge in [0.15, 0.2) is 0 Å². The lowest BCUT2D eigenvalue weighted by Crippen LogP contribution is -2.27. The van der Waals surface area contributed by atoms with Crippen molar-refractivity contribution >= 4 is 11.6 Å². The average molecular weight is 245 g/mol. The molecule has 2 heterocycles. The molecule has 4 heteroatoms. The van der Waals surface area contributed by atoms with Crippen LogP contribution >= 0.6 is 0 Å². The van der Waals surface area contributed by atoms with Gasteiger partial charge in [-0.25, -0.2) is 4.98 Å². The first-order valence-electron chi connectivity index (χ1n) is 6.13. The Morgan fingerprint density at radius 2 is 2.17 bits per heavy atom. The number of carbonyl (C=O) groups excluding carboxylic acids is 1. The lowest BCUT2D eigenvalue weighted by molar-refractivity contribution is -0.122. The second kappa shape index (κ2) is 4.80. The van der Waals surface area contributed by atoms with E-state index < -0.39 is 0 Å². The average Bonchev–Trinajstić information content (AvgIpc) is 2.66. The van der Waals surface area contributed by atoms with Crippen LogP contribution < -0.4 is 5.32 Å². The predicted octanol–water partition coefficient (Wildman–Crippen LogP) is 2.39. The number of nitrogens with one attached hydrogen (secondary N) is 1. The second-order valence-corrected chi connectivity index (χ2v) is 5.71. The van der Waals surface area contributed by atoms with Gasteiger partial charge >= 0.3 is 0 Å². The molecule has 0 saturated carbocycles. The monoisotopic (exact) mass is 245 g/mol. The van der Waals surface area contributed by atoms with Crippen LogP contribution in [0.25, 0.3) is 5.65 Å². The number of carbonyl (C=O) groups is 1. The van der Waals surface area contributed by atoms with Gasteiger partial charge in [-0.2, -0.15) is 0 Å². The smallest absolute Gasteiger partial charge is 0.220 e. The number of hydrogen-bond donors (Lipinski definition) is 1. The minimum absolute atomic E-state index is 0.0169. The molecule has 2 rings (SSSR count). The zero-order valence-electron chi connectivity index (χ0n) is 11.1. The van der Waals surface area contributed by atoms with E-state index in [0.717, 1.165) is 11.3 Å². The Balaban J connectivity index is 1.96. The van der Waals surface area contributed by atoms with Crippen molar-refractivity contribution in [2.45, 2.75) is 33.7 Å². The Bertz CT molecular complexity index is 518. The fourth-order valence-corrected chi connectivity index (χ4v) is 1.81. The van der Waals surface area contributed by atoms with Gasteiger partial charge in [0.2, 0.25) is 5.91 Å². The number of hydrogen-bond acceptors (Lipinski definition) is 2. The van der Waals surface area contributed by atoms with Crippen LogP contribution in [-0.4, -0.2) is 15.3 Å². The molecule has 0 atom stereocenters. The number of pyridine rings is 1. The molecule has 0 aromatic carbocycles. The summed E-state index contributed by atoms with van der Waals surface area (Å²) in [5.41, 5.74) is 1.80. The zero-order valence-corrected chi connectivity index (χ0v) is 11.1. The van der Waals surface area contributed by atoms with E-state index >= 15 is 0 Å². The zero-order chi connectivity index (χ0) is 13.2. The first kappa shape index (κ1) is 12.6. The topological polar surface area (TPSA) is 46.4 Å². The summed E-state index contributed by atoms with van der Waals surface area (Å²) in [6.45, 7) is 6.64. The number of fused-ring (bicyclic) bond motifs is 1. The van der Waals surface area contributed by atoms with Crippen molar-refractivity contribution in [2.75, 3.05) is 0 Å². The van der Waals surface area contributed by atoms with Gasteiger partial charge in [-0.3, -0.25) is 4.79 Å². The maximum atomic E-state index is 11.7. The van der Waals surface area contributed by atoms with E-state index in [-0.39, 0.29) is 11.3 Å². The maximum Gasteiger partial charge on any atom is 0.220 e. The highest BCUT2D eigenvalue weighted by atomic mass is 16.1. The summed E-state index contributed by atoms with van der Waals surface area (Å²) >= 11 is 0. The molecule has 1 N–H and O–H groups in total. The molecule has 0 saturated heterocycles. The third-order valence-corrected chi connectivity index (χ3v) is 2.57. The number of aromatic nitrogens is 2. The molecule has 96 valence electrons. The minimum Gasteiger partial charge on any atom is -0.350 e. The Morgan fingerprint density at radius 3 is 2.83 bits per heavy atom. The molecule has 0 bridgehead atoms. The highest BCUT2D eigenvalue weighted by Gasteiger charge is 2.15. The van der Waals surface area contributed by atoms with Crippen LogP contribution in [0, 0.1) is 5.41 Å². The molecule has 1 amide bonds. The Kier molecular flexibility index (Phi) is 3.36. The highest BCUT2D eigenvalue weighted by Crippen LogP contribution is 2.17. The predicted molar refractivity (Wildman–Crippen MR) is 71.1 cm³/mol. The van der Waals surface area contributed by atoms with E-state index in [4.69, 9.17) is 0 Å². The van der Waals surface area contributed by atoms with Crippen molar-refractivity contribution in [2.24, 2.45) is 5.41 Å². The molecular weight excluding hydrogens is 226 g/mol. The summed E-state index contributed by atoms with van der Waals surface area (Å²) in [6, 6.07) is 5.85. The molecule has 0 spiro atoms. The molecular formula is C14H19N3O. The molecule has 0 radical (unpaired) electrons. The second-order valence-electron chi connectivity index (χ2n) is 5.71. The summed E-state index contributed by atoms with van der Waals surface area (Å²) in [5.74, 6) is 0.0690. The van der Waals surface area contributed by atoms with Crippen molar-refractivity contribution in [3.05, 3.63) is 36.3 Å². The maximum absolute atomic E-state index is 11.7. The van der Waals surface area contributed by atoms with E-state index in [1.54, 1.807) is 0 Å². The van der Waals surface area contributed by atoms with Crippen LogP contribution in [0.2, 0.25) is 0 Å². The van der Waals surface area contributed by atoms with Gasteiger partial charge in [-0.15, -0.1) is 0 Å². The summed E-state index contributed by atoms with van der Waals surface area (Å²) < 4.78 is 1.95. The molecule has 18 heavy (non-hydrogen) atoms. The van der Waals surface area contributed by atoms with Crippen molar-refractivity contribution < 1.29 is 4.79 Å². The van der Waals surface area contributed by atoms with Gasteiger partial charge in [-0.1, -0.05) is 26.8 Å². The SMILES string of the molecule is CC(C)(C)CC(=O)NCc1cn2ccccc2n1. The molecule has 0 aliphatic heterocycles. The van der Waals surface area contributed by atoms with E-state index in [1.165, 1.54) is 0 Å². The van der Waals surface area contributed by atoms with E-state index in [2.05, 4.69) is 31.1 Å². The van der Waals surface area contributed by atoms with Gasteiger partial charge in [0.25, 0.3) is 0 Å². The lowest BCUT2D eigenvalue weighted by atomic mass is 9.92. The number of amides is 1. The number of imidazole rings is 1. The minimum atomic E-state index is 0.0169. The quantitative estimate of drug-likeness (QED) is 0.902. The lowest BCUT2D eigenvalue weighted by Gasteiger charge is -2.16. The highest BCUT2D eigenvalue weighted by molar-refractivity contribution is 5.76. The standard InChI is InChI=1S/C14H19N3O/c1-14(2,3)8-13(18)15-9-11-10-17-7-5-4-6-12(17)16-11/h4-7,10H,8-9H2,1-3H3,(H,15,18). The van der Waals surface area contributed by atoms with Gasteiger partial charge in [-0.05, 0) is 17.5 Å². The van der Waals surface area contributed by atoms with Gasteiger partial charge in [0, 0.05) is 18.8 Å². The molecule has 2 aromatic heterocycles. The fourth-order valence-electron chi connectivity index (χ4n) is 1.81. The summed E-state index contributed by atoms with van der Waals surface area (Å²) in [4.78, 5) is 16.1. The van der Waals surface area contributed by atoms with E-state index in [1.807, 2.05) is 35.0 Å². The molecule has 0 unspecified atom stereocenters. The van der Waals surface area contributed by atoms with Crippen LogP contribution in [0.5, 0.6) is 0 Å². The Hall–Kier alpha value is -1.84. The first-order chi connectivity index (χ1) is 8.44. The van der Waals surface area contributed by atoms with Crippen LogP contribution in [0.1, 0.15) is 32.9 Å². The Labute approximate surface area is 107 Å². The molecule has 0 aliphatic rings. The fraction of sp³-hybridized carbons (Fsp3) is 0.429. The van der Waals surface area contributed by atoms with Crippen molar-refractivity contribution in [1.82, 2.24) is 14.7 Å². The first-order valence-corrected chi connectivity index (χ1v) is 6.13. The van der Waals surface area contributed by atoms with Gasteiger partial charge in [0.1, 0.15) is 5.65 Å². The number of rotatable bonds is 3. The molecule has 0 fully saturated rings.